The van der Waals surface area contributed by atoms with Gasteiger partial charge in [-0.15, -0.1) is 0 Å². The standard InChI is InChI=1S/C15H20O/c1-12(2)6-4-9-15(3)10-5-7-13-8-11-16-14(13)15/h4,6,8-9,11H,5,7,10H2,1-3H3. The summed E-state index contributed by atoms with van der Waals surface area (Å²) < 4.78 is 5.66. The summed E-state index contributed by atoms with van der Waals surface area (Å²) in [6, 6.07) is 2.11. The fourth-order valence-electron chi connectivity index (χ4n) is 2.41. The number of furan rings is 1. The number of hydrogen-bond acceptors (Lipinski definition) is 1. The molecule has 2 rings (SSSR count). The van der Waals surface area contributed by atoms with Crippen LogP contribution in [0, 0.1) is 0 Å². The van der Waals surface area contributed by atoms with Crippen molar-refractivity contribution in [2.45, 2.75) is 45.4 Å². The summed E-state index contributed by atoms with van der Waals surface area (Å²) in [7, 11) is 0. The van der Waals surface area contributed by atoms with E-state index in [1.807, 2.05) is 6.26 Å². The number of fused-ring (bicyclic) bond motifs is 1. The zero-order valence-electron chi connectivity index (χ0n) is 10.4. The van der Waals surface area contributed by atoms with Crippen molar-refractivity contribution < 1.29 is 4.42 Å². The highest BCUT2D eigenvalue weighted by molar-refractivity contribution is 5.33. The van der Waals surface area contributed by atoms with Gasteiger partial charge in [0.15, 0.2) is 0 Å². The third-order valence-electron chi connectivity index (χ3n) is 3.30. The third kappa shape index (κ3) is 2.13. The Morgan fingerprint density at radius 2 is 2.25 bits per heavy atom. The molecule has 0 saturated carbocycles. The van der Waals surface area contributed by atoms with Gasteiger partial charge in [0.2, 0.25) is 0 Å². The first-order valence-electron chi connectivity index (χ1n) is 6.01. The van der Waals surface area contributed by atoms with Crippen molar-refractivity contribution in [1.82, 2.24) is 0 Å². The minimum absolute atomic E-state index is 0.0863. The highest BCUT2D eigenvalue weighted by atomic mass is 16.3. The lowest BCUT2D eigenvalue weighted by Gasteiger charge is -2.29. The second-order valence-corrected chi connectivity index (χ2v) is 5.15. The second kappa shape index (κ2) is 4.32. The van der Waals surface area contributed by atoms with Gasteiger partial charge in [-0.2, -0.15) is 0 Å². The van der Waals surface area contributed by atoms with Gasteiger partial charge in [-0.05, 0) is 51.7 Å². The molecule has 1 aromatic heterocycles. The van der Waals surface area contributed by atoms with Gasteiger partial charge in [0.25, 0.3) is 0 Å². The average Bonchev–Trinajstić information content (AvgIpc) is 2.66. The molecule has 86 valence electrons. The van der Waals surface area contributed by atoms with Crippen molar-refractivity contribution in [1.29, 1.82) is 0 Å². The zero-order valence-corrected chi connectivity index (χ0v) is 10.4. The molecule has 16 heavy (non-hydrogen) atoms. The molecule has 1 nitrogen and oxygen atoms in total. The summed E-state index contributed by atoms with van der Waals surface area (Å²) in [5, 5.41) is 0. The van der Waals surface area contributed by atoms with Crippen LogP contribution in [0.3, 0.4) is 0 Å². The quantitative estimate of drug-likeness (QED) is 0.668. The minimum Gasteiger partial charge on any atom is -0.468 e. The molecular formula is C15H20O. The lowest BCUT2D eigenvalue weighted by molar-refractivity contribution is 0.367. The van der Waals surface area contributed by atoms with Crippen LogP contribution < -0.4 is 0 Å². The summed E-state index contributed by atoms with van der Waals surface area (Å²) in [5.74, 6) is 1.16. The molecule has 1 aliphatic rings. The molecule has 1 atom stereocenters. The molecule has 1 heteroatoms. The Kier molecular flexibility index (Phi) is 3.04. The van der Waals surface area contributed by atoms with Gasteiger partial charge in [0.1, 0.15) is 5.76 Å². The molecule has 1 unspecified atom stereocenters. The molecule has 0 aliphatic heterocycles. The second-order valence-electron chi connectivity index (χ2n) is 5.15. The Morgan fingerprint density at radius 1 is 1.44 bits per heavy atom. The van der Waals surface area contributed by atoms with Crippen molar-refractivity contribution in [3.05, 3.63) is 47.5 Å². The van der Waals surface area contributed by atoms with Gasteiger partial charge in [0.05, 0.1) is 6.26 Å². The van der Waals surface area contributed by atoms with E-state index in [9.17, 15) is 0 Å². The Morgan fingerprint density at radius 3 is 3.00 bits per heavy atom. The van der Waals surface area contributed by atoms with Crippen LogP contribution in [0.5, 0.6) is 0 Å². The van der Waals surface area contributed by atoms with Gasteiger partial charge >= 0.3 is 0 Å². The van der Waals surface area contributed by atoms with E-state index in [4.69, 9.17) is 4.42 Å². The number of aryl methyl sites for hydroxylation is 1. The van der Waals surface area contributed by atoms with Crippen molar-refractivity contribution in [3.63, 3.8) is 0 Å². The van der Waals surface area contributed by atoms with Gasteiger partial charge in [0, 0.05) is 5.41 Å². The number of hydrogen-bond donors (Lipinski definition) is 0. The summed E-state index contributed by atoms with van der Waals surface area (Å²) >= 11 is 0. The van der Waals surface area contributed by atoms with Crippen LogP contribution in [-0.4, -0.2) is 0 Å². The van der Waals surface area contributed by atoms with Gasteiger partial charge < -0.3 is 4.42 Å². The Labute approximate surface area is 97.9 Å². The molecule has 1 aliphatic carbocycles. The maximum absolute atomic E-state index is 5.66. The largest absolute Gasteiger partial charge is 0.468 e. The summed E-state index contributed by atoms with van der Waals surface area (Å²) in [5.41, 5.74) is 2.80. The molecule has 0 N–H and O–H groups in total. The van der Waals surface area contributed by atoms with Crippen LogP contribution in [0.15, 0.2) is 40.5 Å². The Bertz CT molecular complexity index is 418. The highest BCUT2D eigenvalue weighted by Gasteiger charge is 2.32. The minimum atomic E-state index is 0.0863. The maximum Gasteiger partial charge on any atom is 0.116 e. The molecule has 0 amide bonds. The smallest absolute Gasteiger partial charge is 0.116 e. The molecule has 0 spiro atoms. The molecule has 1 heterocycles. The van der Waals surface area contributed by atoms with Gasteiger partial charge in [-0.1, -0.05) is 23.8 Å². The Hall–Kier alpha value is -1.24. The first kappa shape index (κ1) is 11.3. The van der Waals surface area contributed by atoms with E-state index in [0.29, 0.717) is 0 Å². The van der Waals surface area contributed by atoms with Crippen LogP contribution in [0.1, 0.15) is 44.9 Å². The van der Waals surface area contributed by atoms with Crippen LogP contribution in [0.25, 0.3) is 0 Å². The first-order valence-corrected chi connectivity index (χ1v) is 6.01. The predicted octanol–water partition coefficient (Wildman–Crippen LogP) is 4.40. The highest BCUT2D eigenvalue weighted by Crippen LogP contribution is 2.38. The van der Waals surface area contributed by atoms with E-state index in [2.05, 4.69) is 45.1 Å². The van der Waals surface area contributed by atoms with E-state index in [-0.39, 0.29) is 5.41 Å². The molecule has 0 radical (unpaired) electrons. The lowest BCUT2D eigenvalue weighted by atomic mass is 9.75. The van der Waals surface area contributed by atoms with Crippen molar-refractivity contribution in [2.75, 3.05) is 0 Å². The Balaban J connectivity index is 2.27. The number of rotatable bonds is 2. The van der Waals surface area contributed by atoms with Crippen LogP contribution in [-0.2, 0) is 11.8 Å². The molecule has 0 fully saturated rings. The normalized spacial score (nSPS) is 24.4. The molecule has 1 aromatic rings. The van der Waals surface area contributed by atoms with Crippen LogP contribution >= 0.6 is 0 Å². The summed E-state index contributed by atoms with van der Waals surface area (Å²) in [6.45, 7) is 6.50. The van der Waals surface area contributed by atoms with Crippen molar-refractivity contribution in [3.8, 4) is 0 Å². The predicted molar refractivity (Wildman–Crippen MR) is 67.6 cm³/mol. The van der Waals surface area contributed by atoms with Gasteiger partial charge in [-0.3, -0.25) is 0 Å². The fraction of sp³-hybridized carbons (Fsp3) is 0.467. The monoisotopic (exact) mass is 216 g/mol. The van der Waals surface area contributed by atoms with E-state index in [1.54, 1.807) is 0 Å². The van der Waals surface area contributed by atoms with E-state index < -0.39 is 0 Å². The summed E-state index contributed by atoms with van der Waals surface area (Å²) in [4.78, 5) is 0. The first-order chi connectivity index (χ1) is 7.62. The summed E-state index contributed by atoms with van der Waals surface area (Å²) in [6.07, 6.45) is 12.0. The van der Waals surface area contributed by atoms with Crippen molar-refractivity contribution >= 4 is 0 Å². The van der Waals surface area contributed by atoms with Crippen LogP contribution in [0.4, 0.5) is 0 Å². The average molecular weight is 216 g/mol. The topological polar surface area (TPSA) is 13.1 Å². The van der Waals surface area contributed by atoms with Gasteiger partial charge in [-0.25, -0.2) is 0 Å². The van der Waals surface area contributed by atoms with E-state index >= 15 is 0 Å². The number of allylic oxidation sites excluding steroid dienone is 4. The SMILES string of the molecule is CC(C)=CC=CC1(C)CCCc2ccoc21. The lowest BCUT2D eigenvalue weighted by Crippen LogP contribution is -2.23. The molecular weight excluding hydrogens is 196 g/mol. The fourth-order valence-corrected chi connectivity index (χ4v) is 2.41. The molecule has 0 saturated heterocycles. The van der Waals surface area contributed by atoms with E-state index in [1.165, 1.54) is 24.0 Å². The van der Waals surface area contributed by atoms with E-state index in [0.717, 1.165) is 12.2 Å². The van der Waals surface area contributed by atoms with Crippen LogP contribution in [0.2, 0.25) is 0 Å². The third-order valence-corrected chi connectivity index (χ3v) is 3.30. The van der Waals surface area contributed by atoms with Crippen molar-refractivity contribution in [2.24, 2.45) is 0 Å². The maximum atomic E-state index is 5.66. The molecule has 0 aromatic carbocycles. The zero-order chi connectivity index (χ0) is 11.6. The molecule has 0 bridgehead atoms.